The van der Waals surface area contributed by atoms with Crippen LogP contribution in [0.4, 0.5) is 0 Å². The minimum Gasteiger partial charge on any atom is -0.481 e. The van der Waals surface area contributed by atoms with E-state index in [9.17, 15) is 4.79 Å². The molecule has 0 radical (unpaired) electrons. The summed E-state index contributed by atoms with van der Waals surface area (Å²) in [6.45, 7) is 6.99. The van der Waals surface area contributed by atoms with E-state index in [1.54, 1.807) is 6.92 Å². The van der Waals surface area contributed by atoms with Gasteiger partial charge in [0.25, 0.3) is 5.91 Å². The van der Waals surface area contributed by atoms with Gasteiger partial charge in [0.2, 0.25) is 0 Å². The zero-order valence-electron chi connectivity index (χ0n) is 12.0. The van der Waals surface area contributed by atoms with E-state index in [0.29, 0.717) is 18.8 Å². The van der Waals surface area contributed by atoms with Gasteiger partial charge in [-0.25, -0.2) is 0 Å². The molecule has 20 heavy (non-hydrogen) atoms. The highest BCUT2D eigenvalue weighted by Gasteiger charge is 2.29. The van der Waals surface area contributed by atoms with E-state index in [2.05, 4.69) is 15.9 Å². The molecule has 3 atom stereocenters. The maximum absolute atomic E-state index is 12.4. The molecular formula is C15H20BrNO3. The van der Waals surface area contributed by atoms with Crippen molar-refractivity contribution in [3.63, 3.8) is 0 Å². The number of carbonyl (C=O) groups excluding carboxylic acids is 1. The lowest BCUT2D eigenvalue weighted by Crippen LogP contribution is -2.51. The van der Waals surface area contributed by atoms with Crippen molar-refractivity contribution < 1.29 is 14.3 Å². The fourth-order valence-electron chi connectivity index (χ4n) is 2.41. The van der Waals surface area contributed by atoms with E-state index in [0.717, 1.165) is 4.47 Å². The second kappa shape index (κ2) is 6.59. The molecule has 1 saturated heterocycles. The molecule has 0 saturated carbocycles. The normalized spacial score (nSPS) is 24.3. The van der Waals surface area contributed by atoms with E-state index in [1.807, 2.05) is 43.0 Å². The first-order valence-corrected chi connectivity index (χ1v) is 7.61. The third-order valence-electron chi connectivity index (χ3n) is 3.19. The Morgan fingerprint density at radius 3 is 2.65 bits per heavy atom. The maximum atomic E-state index is 12.4. The van der Waals surface area contributed by atoms with E-state index in [1.165, 1.54) is 0 Å². The van der Waals surface area contributed by atoms with Gasteiger partial charge < -0.3 is 14.4 Å². The number of morpholine rings is 1. The Bertz CT molecular complexity index is 470. The number of nitrogens with zero attached hydrogens (tertiary/aromatic N) is 1. The van der Waals surface area contributed by atoms with Gasteiger partial charge in [0.15, 0.2) is 6.10 Å². The van der Waals surface area contributed by atoms with E-state index < -0.39 is 6.10 Å². The predicted molar refractivity (Wildman–Crippen MR) is 80.8 cm³/mol. The second-order valence-electron chi connectivity index (χ2n) is 5.22. The molecule has 1 aliphatic rings. The molecule has 0 bridgehead atoms. The molecule has 1 fully saturated rings. The quantitative estimate of drug-likeness (QED) is 0.848. The highest BCUT2D eigenvalue weighted by molar-refractivity contribution is 9.10. The molecule has 0 spiro atoms. The van der Waals surface area contributed by atoms with Crippen LogP contribution in [-0.4, -0.2) is 42.2 Å². The van der Waals surface area contributed by atoms with E-state index in [-0.39, 0.29) is 18.1 Å². The van der Waals surface area contributed by atoms with Crippen LogP contribution in [0.5, 0.6) is 5.75 Å². The smallest absolute Gasteiger partial charge is 0.263 e. The second-order valence-corrected chi connectivity index (χ2v) is 6.13. The number of amides is 1. The summed E-state index contributed by atoms with van der Waals surface area (Å²) in [4.78, 5) is 14.2. The molecule has 1 aromatic rings. The van der Waals surface area contributed by atoms with Crippen LogP contribution in [-0.2, 0) is 9.53 Å². The van der Waals surface area contributed by atoms with Crippen LogP contribution in [0.1, 0.15) is 20.8 Å². The molecule has 0 aromatic heterocycles. The van der Waals surface area contributed by atoms with Crippen molar-refractivity contribution in [1.82, 2.24) is 4.90 Å². The Hall–Kier alpha value is -1.07. The van der Waals surface area contributed by atoms with Crippen molar-refractivity contribution in [3.05, 3.63) is 28.7 Å². The summed E-state index contributed by atoms with van der Waals surface area (Å²) < 4.78 is 12.3. The SMILES string of the molecule is CC1CN(C(=O)C(C)Oc2cccc(Br)c2)CC(C)O1. The van der Waals surface area contributed by atoms with Gasteiger partial charge in [-0.2, -0.15) is 0 Å². The van der Waals surface area contributed by atoms with Crippen molar-refractivity contribution in [3.8, 4) is 5.75 Å². The van der Waals surface area contributed by atoms with Crippen LogP contribution in [0.2, 0.25) is 0 Å². The fourth-order valence-corrected chi connectivity index (χ4v) is 2.79. The summed E-state index contributed by atoms with van der Waals surface area (Å²) in [5.74, 6) is 0.696. The molecular weight excluding hydrogens is 322 g/mol. The molecule has 110 valence electrons. The number of hydrogen-bond acceptors (Lipinski definition) is 3. The monoisotopic (exact) mass is 341 g/mol. The predicted octanol–water partition coefficient (Wildman–Crippen LogP) is 2.85. The zero-order valence-corrected chi connectivity index (χ0v) is 13.6. The lowest BCUT2D eigenvalue weighted by atomic mass is 10.2. The molecule has 1 heterocycles. The largest absolute Gasteiger partial charge is 0.481 e. The topological polar surface area (TPSA) is 38.8 Å². The standard InChI is InChI=1S/C15H20BrNO3/c1-10-8-17(9-11(2)19-10)15(18)12(3)20-14-6-4-5-13(16)7-14/h4-7,10-12H,8-9H2,1-3H3. The third-order valence-corrected chi connectivity index (χ3v) is 3.68. The van der Waals surface area contributed by atoms with Gasteiger partial charge in [-0.15, -0.1) is 0 Å². The number of halogens is 1. The van der Waals surface area contributed by atoms with Crippen LogP contribution >= 0.6 is 15.9 Å². The summed E-state index contributed by atoms with van der Waals surface area (Å²) in [5, 5.41) is 0. The summed E-state index contributed by atoms with van der Waals surface area (Å²) in [6.07, 6.45) is -0.358. The Balaban J connectivity index is 1.98. The molecule has 1 amide bonds. The number of benzene rings is 1. The minimum atomic E-state index is -0.498. The summed E-state index contributed by atoms with van der Waals surface area (Å²) in [5.41, 5.74) is 0. The molecule has 1 aliphatic heterocycles. The van der Waals surface area contributed by atoms with Gasteiger partial charge in [0.1, 0.15) is 5.75 Å². The fraction of sp³-hybridized carbons (Fsp3) is 0.533. The highest BCUT2D eigenvalue weighted by atomic mass is 79.9. The summed E-state index contributed by atoms with van der Waals surface area (Å²) >= 11 is 3.39. The lowest BCUT2D eigenvalue weighted by molar-refractivity contribution is -0.149. The number of hydrogen-bond donors (Lipinski definition) is 0. The molecule has 0 aliphatic carbocycles. The van der Waals surface area contributed by atoms with Crippen molar-refractivity contribution in [2.45, 2.75) is 39.1 Å². The summed E-state index contributed by atoms with van der Waals surface area (Å²) in [6, 6.07) is 7.51. The molecule has 0 N–H and O–H groups in total. The third kappa shape index (κ3) is 3.96. The van der Waals surface area contributed by atoms with Crippen molar-refractivity contribution in [1.29, 1.82) is 0 Å². The average Bonchev–Trinajstić information content (AvgIpc) is 2.36. The zero-order chi connectivity index (χ0) is 14.7. The number of rotatable bonds is 3. The molecule has 1 aromatic carbocycles. The Morgan fingerprint density at radius 1 is 1.40 bits per heavy atom. The van der Waals surface area contributed by atoms with Gasteiger partial charge in [-0.1, -0.05) is 22.0 Å². The highest BCUT2D eigenvalue weighted by Crippen LogP contribution is 2.20. The van der Waals surface area contributed by atoms with Gasteiger partial charge in [0.05, 0.1) is 12.2 Å². The first-order valence-electron chi connectivity index (χ1n) is 6.82. The van der Waals surface area contributed by atoms with E-state index >= 15 is 0 Å². The number of carbonyl (C=O) groups is 1. The van der Waals surface area contributed by atoms with Crippen LogP contribution in [0, 0.1) is 0 Å². The first-order chi connectivity index (χ1) is 9.45. The van der Waals surface area contributed by atoms with Crippen molar-refractivity contribution in [2.24, 2.45) is 0 Å². The number of ether oxygens (including phenoxy) is 2. The lowest BCUT2D eigenvalue weighted by Gasteiger charge is -2.36. The van der Waals surface area contributed by atoms with Crippen molar-refractivity contribution in [2.75, 3.05) is 13.1 Å². The molecule has 5 heteroatoms. The molecule has 3 unspecified atom stereocenters. The van der Waals surface area contributed by atoms with Crippen LogP contribution in [0.15, 0.2) is 28.7 Å². The van der Waals surface area contributed by atoms with Gasteiger partial charge in [-0.3, -0.25) is 4.79 Å². The molecule has 4 nitrogen and oxygen atoms in total. The van der Waals surface area contributed by atoms with Gasteiger partial charge in [0, 0.05) is 17.6 Å². The average molecular weight is 342 g/mol. The summed E-state index contributed by atoms with van der Waals surface area (Å²) in [7, 11) is 0. The van der Waals surface area contributed by atoms with Crippen molar-refractivity contribution >= 4 is 21.8 Å². The first kappa shape index (κ1) is 15.3. The van der Waals surface area contributed by atoms with Gasteiger partial charge in [-0.05, 0) is 39.0 Å². The van der Waals surface area contributed by atoms with Crippen LogP contribution in [0.25, 0.3) is 0 Å². The maximum Gasteiger partial charge on any atom is 0.263 e. The molecule has 2 rings (SSSR count). The van der Waals surface area contributed by atoms with E-state index in [4.69, 9.17) is 9.47 Å². The Kier molecular flexibility index (Phi) is 5.05. The Morgan fingerprint density at radius 2 is 2.05 bits per heavy atom. The minimum absolute atomic E-state index is 0.00646. The van der Waals surface area contributed by atoms with Crippen LogP contribution < -0.4 is 4.74 Å². The van der Waals surface area contributed by atoms with Crippen LogP contribution in [0.3, 0.4) is 0 Å². The Labute approximate surface area is 128 Å². The van der Waals surface area contributed by atoms with Gasteiger partial charge >= 0.3 is 0 Å².